The third kappa shape index (κ3) is 4.44. The van der Waals surface area contributed by atoms with Crippen LogP contribution < -0.4 is 4.72 Å². The van der Waals surface area contributed by atoms with E-state index in [1.807, 2.05) is 6.07 Å². The molecule has 0 radical (unpaired) electrons. The van der Waals surface area contributed by atoms with Crippen LogP contribution in [0.15, 0.2) is 53.4 Å². The molecule has 0 aromatic heterocycles. The van der Waals surface area contributed by atoms with E-state index in [0.717, 1.165) is 12.8 Å². The number of esters is 1. The number of hydrogen-bond donors (Lipinski definition) is 1. The van der Waals surface area contributed by atoms with Crippen LogP contribution in [0.5, 0.6) is 0 Å². The van der Waals surface area contributed by atoms with Crippen LogP contribution in [0.3, 0.4) is 0 Å². The Kier molecular flexibility index (Phi) is 4.83. The van der Waals surface area contributed by atoms with E-state index in [-0.39, 0.29) is 23.1 Å². The van der Waals surface area contributed by atoms with Crippen molar-refractivity contribution in [1.82, 2.24) is 4.72 Å². The van der Waals surface area contributed by atoms with E-state index in [1.165, 1.54) is 24.3 Å². The number of nitriles is 1. The fraction of sp³-hybridized carbons (Fsp3) is 0.222. The molecule has 6 nitrogen and oxygen atoms in total. The maximum absolute atomic E-state index is 12.1. The molecule has 1 saturated carbocycles. The molecule has 0 aliphatic heterocycles. The lowest BCUT2D eigenvalue weighted by Gasteiger charge is -2.07. The van der Waals surface area contributed by atoms with Gasteiger partial charge in [-0.2, -0.15) is 5.26 Å². The van der Waals surface area contributed by atoms with Crippen LogP contribution in [0.1, 0.15) is 34.3 Å². The Morgan fingerprint density at radius 3 is 2.56 bits per heavy atom. The number of carbonyl (C=O) groups is 1. The van der Waals surface area contributed by atoms with Gasteiger partial charge in [-0.15, -0.1) is 0 Å². The summed E-state index contributed by atoms with van der Waals surface area (Å²) in [7, 11) is -3.54. The molecule has 3 rings (SSSR count). The van der Waals surface area contributed by atoms with Gasteiger partial charge in [0.1, 0.15) is 6.61 Å². The number of nitrogens with one attached hydrogen (secondary N) is 1. The highest BCUT2D eigenvalue weighted by Gasteiger charge is 2.28. The molecular formula is C18H16N2O4S. The van der Waals surface area contributed by atoms with Crippen molar-refractivity contribution in [3.8, 4) is 6.07 Å². The lowest BCUT2D eigenvalue weighted by molar-refractivity contribution is 0.0472. The predicted molar refractivity (Wildman–Crippen MR) is 90.1 cm³/mol. The van der Waals surface area contributed by atoms with Crippen molar-refractivity contribution in [3.05, 3.63) is 65.2 Å². The summed E-state index contributed by atoms with van der Waals surface area (Å²) in [6.45, 7) is 0.0393. The third-order valence-electron chi connectivity index (χ3n) is 3.73. The first kappa shape index (κ1) is 17.1. The van der Waals surface area contributed by atoms with Crippen LogP contribution in [0.25, 0.3) is 0 Å². The van der Waals surface area contributed by atoms with Gasteiger partial charge >= 0.3 is 5.97 Å². The zero-order valence-electron chi connectivity index (χ0n) is 13.3. The van der Waals surface area contributed by atoms with Gasteiger partial charge in [0.05, 0.1) is 22.1 Å². The van der Waals surface area contributed by atoms with Crippen molar-refractivity contribution >= 4 is 16.0 Å². The van der Waals surface area contributed by atoms with Gasteiger partial charge in [0, 0.05) is 6.04 Å². The van der Waals surface area contributed by atoms with Crippen LogP contribution in [0.2, 0.25) is 0 Å². The topological polar surface area (TPSA) is 96.3 Å². The predicted octanol–water partition coefficient (Wildman–Crippen LogP) is 2.36. The number of nitrogens with zero attached hydrogens (tertiary/aromatic N) is 1. The fourth-order valence-electron chi connectivity index (χ4n) is 2.22. The van der Waals surface area contributed by atoms with E-state index in [9.17, 15) is 13.2 Å². The number of sulfonamides is 1. The Morgan fingerprint density at radius 1 is 1.20 bits per heavy atom. The second-order valence-electron chi connectivity index (χ2n) is 5.81. The van der Waals surface area contributed by atoms with Crippen LogP contribution >= 0.6 is 0 Å². The first-order valence-electron chi connectivity index (χ1n) is 7.76. The van der Waals surface area contributed by atoms with Crippen LogP contribution in [0, 0.1) is 11.3 Å². The second-order valence-corrected chi connectivity index (χ2v) is 7.52. The number of hydrogen-bond acceptors (Lipinski definition) is 5. The monoisotopic (exact) mass is 356 g/mol. The molecule has 25 heavy (non-hydrogen) atoms. The summed E-state index contributed by atoms with van der Waals surface area (Å²) in [4.78, 5) is 12.2. The molecule has 1 aliphatic rings. The number of rotatable bonds is 6. The normalized spacial score (nSPS) is 13.9. The van der Waals surface area contributed by atoms with Crippen LogP contribution in [-0.2, 0) is 21.4 Å². The van der Waals surface area contributed by atoms with Crippen molar-refractivity contribution in [2.75, 3.05) is 0 Å². The third-order valence-corrected chi connectivity index (χ3v) is 5.26. The molecular weight excluding hydrogens is 340 g/mol. The Labute approximate surface area is 146 Å². The van der Waals surface area contributed by atoms with Crippen LogP contribution in [0.4, 0.5) is 0 Å². The molecule has 1 aliphatic carbocycles. The first-order valence-corrected chi connectivity index (χ1v) is 9.25. The van der Waals surface area contributed by atoms with E-state index in [4.69, 9.17) is 10.00 Å². The highest BCUT2D eigenvalue weighted by Crippen LogP contribution is 2.22. The van der Waals surface area contributed by atoms with Crippen molar-refractivity contribution < 1.29 is 17.9 Å². The molecule has 128 valence electrons. The van der Waals surface area contributed by atoms with Gasteiger partial charge in [-0.3, -0.25) is 0 Å². The lowest BCUT2D eigenvalue weighted by Crippen LogP contribution is -2.25. The van der Waals surface area contributed by atoms with E-state index >= 15 is 0 Å². The quantitative estimate of drug-likeness (QED) is 0.802. The molecule has 7 heteroatoms. The summed E-state index contributed by atoms with van der Waals surface area (Å²) in [6, 6.07) is 14.5. The highest BCUT2D eigenvalue weighted by molar-refractivity contribution is 7.89. The molecule has 0 unspecified atom stereocenters. The van der Waals surface area contributed by atoms with Gasteiger partial charge in [0.25, 0.3) is 0 Å². The Hall–Kier alpha value is -2.69. The fourth-order valence-corrected chi connectivity index (χ4v) is 3.53. The number of ether oxygens (including phenoxy) is 1. The molecule has 0 spiro atoms. The molecule has 0 atom stereocenters. The summed E-state index contributed by atoms with van der Waals surface area (Å²) in [5.74, 6) is -0.554. The first-order chi connectivity index (χ1) is 12.0. The molecule has 0 bridgehead atoms. The van der Waals surface area contributed by atoms with E-state index in [0.29, 0.717) is 11.1 Å². The SMILES string of the molecule is N#Cc1cccc(COC(=O)c2ccc(S(=O)(=O)NC3CC3)cc2)c1. The smallest absolute Gasteiger partial charge is 0.338 e. The van der Waals surface area contributed by atoms with Gasteiger partial charge in [0.15, 0.2) is 0 Å². The van der Waals surface area contributed by atoms with Crippen LogP contribution in [-0.4, -0.2) is 20.4 Å². The highest BCUT2D eigenvalue weighted by atomic mass is 32.2. The zero-order valence-corrected chi connectivity index (χ0v) is 14.1. The average molecular weight is 356 g/mol. The maximum atomic E-state index is 12.1. The van der Waals surface area contributed by atoms with Gasteiger partial charge < -0.3 is 4.74 Å². The van der Waals surface area contributed by atoms with Crippen molar-refractivity contribution in [1.29, 1.82) is 5.26 Å². The standard InChI is InChI=1S/C18H16N2O4S/c19-11-13-2-1-3-14(10-13)12-24-18(21)15-4-8-17(9-5-15)25(22,23)20-16-6-7-16/h1-5,8-10,16,20H,6-7,12H2. The summed E-state index contributed by atoms with van der Waals surface area (Å²) in [5.41, 5.74) is 1.47. The van der Waals surface area contributed by atoms with E-state index < -0.39 is 16.0 Å². The largest absolute Gasteiger partial charge is 0.457 e. The Bertz CT molecular complexity index is 926. The Morgan fingerprint density at radius 2 is 1.92 bits per heavy atom. The summed E-state index contributed by atoms with van der Waals surface area (Å²) >= 11 is 0. The second kappa shape index (κ2) is 7.05. The minimum absolute atomic E-state index is 0.0267. The minimum Gasteiger partial charge on any atom is -0.457 e. The summed E-state index contributed by atoms with van der Waals surface area (Å²) < 4.78 is 31.9. The molecule has 2 aromatic rings. The molecule has 1 fully saturated rings. The molecule has 0 heterocycles. The summed E-state index contributed by atoms with van der Waals surface area (Å²) in [6.07, 6.45) is 1.72. The van der Waals surface area contributed by atoms with E-state index in [1.54, 1.807) is 24.3 Å². The Balaban J connectivity index is 1.63. The maximum Gasteiger partial charge on any atom is 0.338 e. The molecule has 2 aromatic carbocycles. The molecule has 0 saturated heterocycles. The molecule has 0 amide bonds. The van der Waals surface area contributed by atoms with Crippen molar-refractivity contribution in [2.45, 2.75) is 30.4 Å². The van der Waals surface area contributed by atoms with Gasteiger partial charge in [-0.1, -0.05) is 12.1 Å². The number of benzene rings is 2. The van der Waals surface area contributed by atoms with Crippen molar-refractivity contribution in [3.63, 3.8) is 0 Å². The van der Waals surface area contributed by atoms with Gasteiger partial charge in [-0.05, 0) is 54.8 Å². The van der Waals surface area contributed by atoms with Gasteiger partial charge in [-0.25, -0.2) is 17.9 Å². The lowest BCUT2D eigenvalue weighted by atomic mass is 10.1. The van der Waals surface area contributed by atoms with Crippen molar-refractivity contribution in [2.24, 2.45) is 0 Å². The average Bonchev–Trinajstić information content (AvgIpc) is 3.43. The van der Waals surface area contributed by atoms with E-state index in [2.05, 4.69) is 4.72 Å². The summed E-state index contributed by atoms with van der Waals surface area (Å²) in [5, 5.41) is 8.86. The zero-order chi connectivity index (χ0) is 17.9. The van der Waals surface area contributed by atoms with Gasteiger partial charge in [0.2, 0.25) is 10.0 Å². The molecule has 1 N–H and O–H groups in total. The minimum atomic E-state index is -3.54. The number of carbonyl (C=O) groups excluding carboxylic acids is 1.